The van der Waals surface area contributed by atoms with E-state index in [1.165, 1.54) is 31.0 Å². The van der Waals surface area contributed by atoms with Crippen molar-refractivity contribution < 1.29 is 14.3 Å². The van der Waals surface area contributed by atoms with Crippen LogP contribution in [-0.4, -0.2) is 45.0 Å². The maximum absolute atomic E-state index is 12.5. The van der Waals surface area contributed by atoms with Gasteiger partial charge in [0.15, 0.2) is 11.0 Å². The maximum Gasteiger partial charge on any atom is 0.251 e. The minimum atomic E-state index is -0.267. The largest absolute Gasteiger partial charge is 0.497 e. The van der Waals surface area contributed by atoms with Crippen molar-refractivity contribution in [2.24, 2.45) is 7.05 Å². The number of hydrogen-bond acceptors (Lipinski definition) is 6. The second-order valence-corrected chi connectivity index (χ2v) is 8.78. The summed E-state index contributed by atoms with van der Waals surface area (Å²) in [5.41, 5.74) is 0.542. The Morgan fingerprint density at radius 2 is 1.90 bits per heavy atom. The summed E-state index contributed by atoms with van der Waals surface area (Å²) >= 11 is 1.37. The highest BCUT2D eigenvalue weighted by molar-refractivity contribution is 8.00. The van der Waals surface area contributed by atoms with Crippen molar-refractivity contribution in [2.75, 3.05) is 7.11 Å². The fourth-order valence-corrected chi connectivity index (χ4v) is 4.23. The molecule has 0 spiro atoms. The van der Waals surface area contributed by atoms with Crippen LogP contribution in [0.1, 0.15) is 55.2 Å². The molecular weight excluding hydrogens is 402 g/mol. The SMILES string of the molecule is COc1ccc(C(=O)NCc2nnc(S[C@@H](C)C(=O)NC3CCCCC3)n2C)cc1. The van der Waals surface area contributed by atoms with E-state index in [0.717, 1.165) is 12.8 Å². The van der Waals surface area contributed by atoms with Gasteiger partial charge in [-0.05, 0) is 44.0 Å². The molecule has 30 heavy (non-hydrogen) atoms. The number of methoxy groups -OCH3 is 1. The first-order chi connectivity index (χ1) is 14.5. The standard InChI is InChI=1S/C21H29N5O3S/c1-14(19(27)23-16-7-5-4-6-8-16)30-21-25-24-18(26(21)2)13-22-20(28)15-9-11-17(29-3)12-10-15/h9-12,14,16H,4-8,13H2,1-3H3,(H,22,28)(H,23,27)/t14-/m0/s1. The van der Waals surface area contributed by atoms with E-state index in [1.807, 2.05) is 18.5 Å². The molecule has 0 radical (unpaired) electrons. The Bertz CT molecular complexity index is 862. The molecule has 3 rings (SSSR count). The Balaban J connectivity index is 1.51. The number of aromatic nitrogens is 3. The van der Waals surface area contributed by atoms with E-state index >= 15 is 0 Å². The minimum absolute atomic E-state index is 0.0317. The molecule has 0 aliphatic heterocycles. The summed E-state index contributed by atoms with van der Waals surface area (Å²) in [5.74, 6) is 1.15. The average Bonchev–Trinajstić information content (AvgIpc) is 3.12. The first-order valence-electron chi connectivity index (χ1n) is 10.3. The average molecular weight is 432 g/mol. The summed E-state index contributed by atoms with van der Waals surface area (Å²) in [7, 11) is 3.42. The minimum Gasteiger partial charge on any atom is -0.497 e. The molecule has 2 amide bonds. The van der Waals surface area contributed by atoms with Gasteiger partial charge in [-0.2, -0.15) is 0 Å². The predicted molar refractivity (Wildman–Crippen MR) is 116 cm³/mol. The van der Waals surface area contributed by atoms with Gasteiger partial charge in [0.1, 0.15) is 5.75 Å². The van der Waals surface area contributed by atoms with E-state index in [9.17, 15) is 9.59 Å². The molecule has 1 atom stereocenters. The highest BCUT2D eigenvalue weighted by Crippen LogP contribution is 2.23. The van der Waals surface area contributed by atoms with Crippen LogP contribution >= 0.6 is 11.8 Å². The van der Waals surface area contributed by atoms with Crippen LogP contribution in [0, 0.1) is 0 Å². The predicted octanol–water partition coefficient (Wildman–Crippen LogP) is 2.68. The quantitative estimate of drug-likeness (QED) is 0.624. The van der Waals surface area contributed by atoms with Gasteiger partial charge in [-0.3, -0.25) is 9.59 Å². The summed E-state index contributed by atoms with van der Waals surface area (Å²) in [6.45, 7) is 2.13. The Labute approximate surface area is 181 Å². The van der Waals surface area contributed by atoms with E-state index in [0.29, 0.717) is 22.3 Å². The molecule has 1 aromatic carbocycles. The second-order valence-electron chi connectivity index (χ2n) is 7.47. The molecule has 2 N–H and O–H groups in total. The first kappa shape index (κ1) is 22.1. The molecule has 162 valence electrons. The lowest BCUT2D eigenvalue weighted by atomic mass is 9.95. The molecule has 8 nitrogen and oxygen atoms in total. The first-order valence-corrected chi connectivity index (χ1v) is 11.1. The smallest absolute Gasteiger partial charge is 0.251 e. The monoisotopic (exact) mass is 431 g/mol. The number of carbonyl (C=O) groups excluding carboxylic acids is 2. The van der Waals surface area contributed by atoms with Crippen molar-refractivity contribution in [2.45, 2.75) is 62.0 Å². The Morgan fingerprint density at radius 3 is 2.57 bits per heavy atom. The third-order valence-electron chi connectivity index (χ3n) is 5.29. The van der Waals surface area contributed by atoms with Crippen LogP contribution < -0.4 is 15.4 Å². The fourth-order valence-electron chi connectivity index (χ4n) is 3.38. The van der Waals surface area contributed by atoms with Crippen LogP contribution in [0.5, 0.6) is 5.75 Å². The van der Waals surface area contributed by atoms with Gasteiger partial charge in [-0.1, -0.05) is 31.0 Å². The molecule has 1 fully saturated rings. The lowest BCUT2D eigenvalue weighted by molar-refractivity contribution is -0.121. The van der Waals surface area contributed by atoms with Crippen LogP contribution in [0.2, 0.25) is 0 Å². The number of amides is 2. The number of carbonyl (C=O) groups is 2. The van der Waals surface area contributed by atoms with E-state index in [1.54, 1.807) is 31.4 Å². The molecule has 0 bridgehead atoms. The van der Waals surface area contributed by atoms with Crippen molar-refractivity contribution in [3.05, 3.63) is 35.7 Å². The molecular formula is C21H29N5O3S. The number of rotatable bonds is 8. The molecule has 1 heterocycles. The Kier molecular flexibility index (Phi) is 7.73. The molecule has 1 saturated carbocycles. The van der Waals surface area contributed by atoms with Gasteiger partial charge in [-0.25, -0.2) is 0 Å². The van der Waals surface area contributed by atoms with Gasteiger partial charge in [0.2, 0.25) is 5.91 Å². The number of nitrogens with zero attached hydrogens (tertiary/aromatic N) is 3. The number of ether oxygens (including phenoxy) is 1. The van der Waals surface area contributed by atoms with Gasteiger partial charge in [0, 0.05) is 18.7 Å². The zero-order valence-corrected chi connectivity index (χ0v) is 18.5. The van der Waals surface area contributed by atoms with Gasteiger partial charge in [0.05, 0.1) is 18.9 Å². The summed E-state index contributed by atoms with van der Waals surface area (Å²) in [5, 5.41) is 14.7. The Hall–Kier alpha value is -2.55. The maximum atomic E-state index is 12.5. The van der Waals surface area contributed by atoms with Gasteiger partial charge in [-0.15, -0.1) is 10.2 Å². The molecule has 0 saturated heterocycles. The van der Waals surface area contributed by atoms with E-state index < -0.39 is 0 Å². The third-order valence-corrected chi connectivity index (χ3v) is 6.42. The summed E-state index contributed by atoms with van der Waals surface area (Å²) in [6.07, 6.45) is 5.74. The molecule has 1 aliphatic rings. The lowest BCUT2D eigenvalue weighted by Crippen LogP contribution is -2.40. The van der Waals surface area contributed by atoms with Crippen LogP contribution in [0.3, 0.4) is 0 Å². The normalized spacial score (nSPS) is 15.4. The second kappa shape index (κ2) is 10.5. The molecule has 9 heteroatoms. The third kappa shape index (κ3) is 5.75. The van der Waals surface area contributed by atoms with Gasteiger partial charge >= 0.3 is 0 Å². The number of thioether (sulfide) groups is 1. The summed E-state index contributed by atoms with van der Waals surface area (Å²) < 4.78 is 6.91. The van der Waals surface area contributed by atoms with Crippen molar-refractivity contribution in [1.82, 2.24) is 25.4 Å². The van der Waals surface area contributed by atoms with E-state index in [-0.39, 0.29) is 29.7 Å². The van der Waals surface area contributed by atoms with Gasteiger partial charge in [0.25, 0.3) is 5.91 Å². The van der Waals surface area contributed by atoms with Crippen LogP contribution in [-0.2, 0) is 18.4 Å². The fraction of sp³-hybridized carbons (Fsp3) is 0.524. The summed E-state index contributed by atoms with van der Waals surface area (Å²) in [6, 6.07) is 7.19. The van der Waals surface area contributed by atoms with Crippen molar-refractivity contribution >= 4 is 23.6 Å². The van der Waals surface area contributed by atoms with Crippen molar-refractivity contribution in [3.8, 4) is 5.75 Å². The number of benzene rings is 1. The number of hydrogen-bond donors (Lipinski definition) is 2. The highest BCUT2D eigenvalue weighted by Gasteiger charge is 2.22. The van der Waals surface area contributed by atoms with E-state index in [2.05, 4.69) is 20.8 Å². The Morgan fingerprint density at radius 1 is 1.20 bits per heavy atom. The van der Waals surface area contributed by atoms with Crippen LogP contribution in [0.25, 0.3) is 0 Å². The van der Waals surface area contributed by atoms with Crippen LogP contribution in [0.15, 0.2) is 29.4 Å². The van der Waals surface area contributed by atoms with Crippen molar-refractivity contribution in [1.29, 1.82) is 0 Å². The van der Waals surface area contributed by atoms with Gasteiger partial charge < -0.3 is 19.9 Å². The molecule has 2 aromatic rings. The zero-order chi connectivity index (χ0) is 21.5. The number of nitrogens with one attached hydrogen (secondary N) is 2. The topological polar surface area (TPSA) is 98.1 Å². The molecule has 1 aliphatic carbocycles. The molecule has 1 aromatic heterocycles. The summed E-state index contributed by atoms with van der Waals surface area (Å²) in [4.78, 5) is 24.8. The highest BCUT2D eigenvalue weighted by atomic mass is 32.2. The zero-order valence-electron chi connectivity index (χ0n) is 17.7. The van der Waals surface area contributed by atoms with E-state index in [4.69, 9.17) is 4.74 Å². The van der Waals surface area contributed by atoms with Crippen molar-refractivity contribution in [3.63, 3.8) is 0 Å². The lowest BCUT2D eigenvalue weighted by Gasteiger charge is -2.24. The van der Waals surface area contributed by atoms with Crippen LogP contribution in [0.4, 0.5) is 0 Å². The molecule has 0 unspecified atom stereocenters.